The lowest BCUT2D eigenvalue weighted by atomic mass is 9.94. The number of sulfonamides is 1. The maximum absolute atomic E-state index is 12.2. The summed E-state index contributed by atoms with van der Waals surface area (Å²) in [5.74, 6) is 0.947. The van der Waals surface area contributed by atoms with Gasteiger partial charge in [0.25, 0.3) is 0 Å². The van der Waals surface area contributed by atoms with E-state index < -0.39 is 16.1 Å². The van der Waals surface area contributed by atoms with Crippen molar-refractivity contribution in [2.24, 2.45) is 5.92 Å². The van der Waals surface area contributed by atoms with Crippen LogP contribution in [-0.4, -0.2) is 55.2 Å². The average molecular weight is 344 g/mol. The van der Waals surface area contributed by atoms with Crippen molar-refractivity contribution in [2.45, 2.75) is 39.3 Å². The Balaban J connectivity index is 1.88. The molecule has 1 aliphatic rings. The Kier molecular flexibility index (Phi) is 5.43. The standard InChI is InChI=1S/C14H24N4O4S/c1-9-8-18(23(4,20)21)6-5-12(9)15-11(3)14(19)16-13-7-10(2)22-17-13/h7,9,11-12,15H,5-6,8H2,1-4H3,(H,16,17,19)/t9-,11-,12+/m0/s1. The Labute approximate surface area is 136 Å². The Hall–Kier alpha value is -1.45. The third-order valence-corrected chi connectivity index (χ3v) is 5.34. The Morgan fingerprint density at radius 2 is 2.22 bits per heavy atom. The van der Waals surface area contributed by atoms with Crippen LogP contribution in [0, 0.1) is 12.8 Å². The van der Waals surface area contributed by atoms with Crippen molar-refractivity contribution in [1.82, 2.24) is 14.8 Å². The SMILES string of the molecule is Cc1cc(NC(=O)[C@H](C)N[C@@H]2CCN(S(C)(=O)=O)C[C@@H]2C)no1. The first kappa shape index (κ1) is 17.9. The molecular weight excluding hydrogens is 320 g/mol. The topological polar surface area (TPSA) is 105 Å². The van der Waals surface area contributed by atoms with E-state index in [1.165, 1.54) is 10.6 Å². The summed E-state index contributed by atoms with van der Waals surface area (Å²) < 4.78 is 29.6. The van der Waals surface area contributed by atoms with Crippen molar-refractivity contribution in [3.8, 4) is 0 Å². The Morgan fingerprint density at radius 3 is 2.74 bits per heavy atom. The number of amides is 1. The molecule has 9 heteroatoms. The lowest BCUT2D eigenvalue weighted by Crippen LogP contribution is -2.53. The van der Waals surface area contributed by atoms with Gasteiger partial charge >= 0.3 is 0 Å². The summed E-state index contributed by atoms with van der Waals surface area (Å²) in [5.41, 5.74) is 0. The van der Waals surface area contributed by atoms with Gasteiger partial charge in [-0.2, -0.15) is 0 Å². The molecule has 1 amide bonds. The largest absolute Gasteiger partial charge is 0.360 e. The third-order valence-electron chi connectivity index (χ3n) is 4.07. The van der Waals surface area contributed by atoms with Gasteiger partial charge < -0.3 is 15.2 Å². The molecule has 23 heavy (non-hydrogen) atoms. The first-order chi connectivity index (χ1) is 10.7. The molecule has 0 bridgehead atoms. The van der Waals surface area contributed by atoms with Gasteiger partial charge in [0, 0.05) is 25.2 Å². The van der Waals surface area contributed by atoms with Crippen LogP contribution in [0.3, 0.4) is 0 Å². The number of aryl methyl sites for hydroxylation is 1. The minimum Gasteiger partial charge on any atom is -0.360 e. The van der Waals surface area contributed by atoms with Crippen LogP contribution in [0.2, 0.25) is 0 Å². The van der Waals surface area contributed by atoms with Gasteiger partial charge in [0.05, 0.1) is 12.3 Å². The molecule has 2 rings (SSSR count). The summed E-state index contributed by atoms with van der Waals surface area (Å²) in [6.45, 7) is 6.45. The maximum Gasteiger partial charge on any atom is 0.242 e. The second-order valence-electron chi connectivity index (χ2n) is 6.19. The van der Waals surface area contributed by atoms with Gasteiger partial charge in [-0.15, -0.1) is 0 Å². The zero-order valence-corrected chi connectivity index (χ0v) is 14.7. The first-order valence-electron chi connectivity index (χ1n) is 7.62. The van der Waals surface area contributed by atoms with E-state index in [4.69, 9.17) is 4.52 Å². The molecule has 0 saturated carbocycles. The monoisotopic (exact) mass is 344 g/mol. The maximum atomic E-state index is 12.2. The summed E-state index contributed by atoms with van der Waals surface area (Å²) in [6.07, 6.45) is 1.90. The van der Waals surface area contributed by atoms with Crippen LogP contribution in [-0.2, 0) is 14.8 Å². The van der Waals surface area contributed by atoms with Crippen LogP contribution in [0.5, 0.6) is 0 Å². The lowest BCUT2D eigenvalue weighted by Gasteiger charge is -2.37. The fraction of sp³-hybridized carbons (Fsp3) is 0.714. The van der Waals surface area contributed by atoms with Gasteiger partial charge in [0.15, 0.2) is 5.82 Å². The number of nitrogens with zero attached hydrogens (tertiary/aromatic N) is 2. The van der Waals surface area contributed by atoms with Gasteiger partial charge in [-0.3, -0.25) is 4.79 Å². The zero-order valence-electron chi connectivity index (χ0n) is 13.9. The van der Waals surface area contributed by atoms with Crippen molar-refractivity contribution in [3.63, 3.8) is 0 Å². The number of anilines is 1. The van der Waals surface area contributed by atoms with E-state index in [0.29, 0.717) is 31.1 Å². The lowest BCUT2D eigenvalue weighted by molar-refractivity contribution is -0.118. The molecule has 1 aromatic heterocycles. The number of hydrogen-bond acceptors (Lipinski definition) is 6. The van der Waals surface area contributed by atoms with Crippen molar-refractivity contribution in [2.75, 3.05) is 24.7 Å². The minimum absolute atomic E-state index is 0.0906. The van der Waals surface area contributed by atoms with Gasteiger partial charge in [0.1, 0.15) is 5.76 Å². The van der Waals surface area contributed by atoms with Crippen LogP contribution < -0.4 is 10.6 Å². The second-order valence-corrected chi connectivity index (χ2v) is 8.18. The molecule has 3 atom stereocenters. The number of hydrogen-bond donors (Lipinski definition) is 2. The highest BCUT2D eigenvalue weighted by atomic mass is 32.2. The summed E-state index contributed by atoms with van der Waals surface area (Å²) in [6, 6.07) is 1.33. The molecule has 1 aliphatic heterocycles. The quantitative estimate of drug-likeness (QED) is 0.809. The van der Waals surface area contributed by atoms with Crippen molar-refractivity contribution >= 4 is 21.7 Å². The van der Waals surface area contributed by atoms with Gasteiger partial charge in [-0.25, -0.2) is 12.7 Å². The second kappa shape index (κ2) is 6.98. The first-order valence-corrected chi connectivity index (χ1v) is 9.47. The highest BCUT2D eigenvalue weighted by Crippen LogP contribution is 2.19. The summed E-state index contributed by atoms with van der Waals surface area (Å²) in [4.78, 5) is 12.2. The molecule has 0 aromatic carbocycles. The van der Waals surface area contributed by atoms with E-state index in [9.17, 15) is 13.2 Å². The van der Waals surface area contributed by atoms with Crippen molar-refractivity contribution in [1.29, 1.82) is 0 Å². The average Bonchev–Trinajstić information content (AvgIpc) is 2.85. The summed E-state index contributed by atoms with van der Waals surface area (Å²) >= 11 is 0. The van der Waals surface area contributed by atoms with E-state index >= 15 is 0 Å². The van der Waals surface area contributed by atoms with Gasteiger partial charge in [-0.1, -0.05) is 12.1 Å². The summed E-state index contributed by atoms with van der Waals surface area (Å²) in [7, 11) is -3.16. The molecule has 1 saturated heterocycles. The van der Waals surface area contributed by atoms with Crippen LogP contribution in [0.15, 0.2) is 10.6 Å². The highest BCUT2D eigenvalue weighted by Gasteiger charge is 2.32. The molecule has 1 aromatic rings. The molecule has 130 valence electrons. The van der Waals surface area contributed by atoms with Gasteiger partial charge in [-0.05, 0) is 26.2 Å². The van der Waals surface area contributed by atoms with Crippen LogP contribution in [0.1, 0.15) is 26.0 Å². The number of aromatic nitrogens is 1. The van der Waals surface area contributed by atoms with Crippen LogP contribution >= 0.6 is 0 Å². The van der Waals surface area contributed by atoms with Gasteiger partial charge in [0.2, 0.25) is 15.9 Å². The summed E-state index contributed by atoms with van der Waals surface area (Å²) in [5, 5.41) is 9.69. The molecule has 2 heterocycles. The molecule has 8 nitrogen and oxygen atoms in total. The fourth-order valence-electron chi connectivity index (χ4n) is 2.71. The van der Waals surface area contributed by atoms with E-state index in [-0.39, 0.29) is 17.9 Å². The number of rotatable bonds is 5. The van der Waals surface area contributed by atoms with E-state index in [0.717, 1.165) is 0 Å². The molecule has 0 aliphatic carbocycles. The predicted molar refractivity (Wildman–Crippen MR) is 86.5 cm³/mol. The van der Waals surface area contributed by atoms with E-state index in [2.05, 4.69) is 15.8 Å². The Bertz CT molecular complexity index is 657. The molecule has 0 spiro atoms. The third kappa shape index (κ3) is 4.76. The number of piperidine rings is 1. The smallest absolute Gasteiger partial charge is 0.242 e. The molecule has 0 unspecified atom stereocenters. The fourth-order valence-corrected chi connectivity index (χ4v) is 3.66. The van der Waals surface area contributed by atoms with E-state index in [1.807, 2.05) is 6.92 Å². The molecular formula is C14H24N4O4S. The van der Waals surface area contributed by atoms with Crippen molar-refractivity contribution < 1.29 is 17.7 Å². The number of carbonyl (C=O) groups is 1. The number of carbonyl (C=O) groups excluding carboxylic acids is 1. The number of nitrogens with one attached hydrogen (secondary N) is 2. The molecule has 0 radical (unpaired) electrons. The highest BCUT2D eigenvalue weighted by molar-refractivity contribution is 7.88. The normalized spacial score (nSPS) is 24.3. The molecule has 2 N–H and O–H groups in total. The van der Waals surface area contributed by atoms with E-state index in [1.54, 1.807) is 19.9 Å². The van der Waals surface area contributed by atoms with Crippen LogP contribution in [0.4, 0.5) is 5.82 Å². The molecule has 1 fully saturated rings. The minimum atomic E-state index is -3.16. The predicted octanol–water partition coefficient (Wildman–Crippen LogP) is 0.570. The van der Waals surface area contributed by atoms with Crippen molar-refractivity contribution in [3.05, 3.63) is 11.8 Å². The van der Waals surface area contributed by atoms with Crippen LogP contribution in [0.25, 0.3) is 0 Å². The Morgan fingerprint density at radius 1 is 1.52 bits per heavy atom. The zero-order chi connectivity index (χ0) is 17.2.